The Labute approximate surface area is 181 Å². The van der Waals surface area contributed by atoms with Crippen LogP contribution in [0, 0.1) is 17.7 Å². The van der Waals surface area contributed by atoms with E-state index >= 15 is 0 Å². The third-order valence-electron chi connectivity index (χ3n) is 6.30. The number of fused-ring (bicyclic) bond motifs is 1. The van der Waals surface area contributed by atoms with Crippen molar-refractivity contribution in [2.75, 3.05) is 18.4 Å². The third kappa shape index (κ3) is 4.18. The molecule has 1 saturated heterocycles. The van der Waals surface area contributed by atoms with Gasteiger partial charge in [-0.1, -0.05) is 41.9 Å². The minimum Gasteiger partial charge on any atom is -0.366 e. The van der Waals surface area contributed by atoms with Gasteiger partial charge in [-0.15, -0.1) is 10.2 Å². The molecular formula is C24H24ClFN4. The van der Waals surface area contributed by atoms with Crippen LogP contribution in [-0.4, -0.2) is 34.2 Å². The van der Waals surface area contributed by atoms with E-state index in [4.69, 9.17) is 11.6 Å². The average molecular weight is 423 g/mol. The highest BCUT2D eigenvalue weighted by atomic mass is 35.5. The average Bonchev–Trinajstić information content (AvgIpc) is 3.29. The number of nitrogens with one attached hydrogen (secondary N) is 1. The van der Waals surface area contributed by atoms with Crippen molar-refractivity contribution < 1.29 is 4.39 Å². The number of benzene rings is 2. The monoisotopic (exact) mass is 422 g/mol. The molecule has 0 spiro atoms. The highest BCUT2D eigenvalue weighted by Gasteiger charge is 2.40. The second-order valence-electron chi connectivity index (χ2n) is 8.44. The summed E-state index contributed by atoms with van der Waals surface area (Å²) < 4.78 is 13.5. The van der Waals surface area contributed by atoms with Crippen molar-refractivity contribution in [1.29, 1.82) is 0 Å². The first kappa shape index (κ1) is 19.5. The zero-order valence-corrected chi connectivity index (χ0v) is 17.4. The predicted molar refractivity (Wildman–Crippen MR) is 118 cm³/mol. The highest BCUT2D eigenvalue weighted by molar-refractivity contribution is 6.33. The fourth-order valence-electron chi connectivity index (χ4n) is 4.94. The molecule has 0 amide bonds. The van der Waals surface area contributed by atoms with Crippen molar-refractivity contribution in [3.05, 3.63) is 77.1 Å². The lowest BCUT2D eigenvalue weighted by molar-refractivity contribution is 0.301. The van der Waals surface area contributed by atoms with Crippen molar-refractivity contribution >= 4 is 17.4 Å². The first-order valence-electron chi connectivity index (χ1n) is 10.5. The van der Waals surface area contributed by atoms with Crippen molar-refractivity contribution in [3.8, 4) is 11.3 Å². The van der Waals surface area contributed by atoms with Crippen LogP contribution >= 0.6 is 11.6 Å². The van der Waals surface area contributed by atoms with Crippen LogP contribution in [0.1, 0.15) is 18.4 Å². The lowest BCUT2D eigenvalue weighted by Crippen LogP contribution is -2.25. The van der Waals surface area contributed by atoms with Crippen LogP contribution in [0.2, 0.25) is 5.02 Å². The number of halogens is 2. The maximum atomic E-state index is 13.5. The van der Waals surface area contributed by atoms with Crippen LogP contribution in [0.15, 0.2) is 60.7 Å². The lowest BCUT2D eigenvalue weighted by atomic mass is 10.0. The van der Waals surface area contributed by atoms with Gasteiger partial charge in [-0.05, 0) is 60.6 Å². The van der Waals surface area contributed by atoms with Gasteiger partial charge < -0.3 is 5.32 Å². The Hall–Kier alpha value is -2.50. The molecule has 1 aromatic heterocycles. The maximum Gasteiger partial charge on any atom is 0.148 e. The molecule has 2 heterocycles. The van der Waals surface area contributed by atoms with Crippen molar-refractivity contribution in [2.24, 2.45) is 11.8 Å². The van der Waals surface area contributed by atoms with Gasteiger partial charge in [0, 0.05) is 31.2 Å². The topological polar surface area (TPSA) is 41.0 Å². The van der Waals surface area contributed by atoms with E-state index in [9.17, 15) is 4.39 Å². The summed E-state index contributed by atoms with van der Waals surface area (Å²) in [4.78, 5) is 2.58. The molecule has 2 aliphatic rings. The smallest absolute Gasteiger partial charge is 0.148 e. The summed E-state index contributed by atoms with van der Waals surface area (Å²) in [5.41, 5.74) is 2.52. The summed E-state index contributed by atoms with van der Waals surface area (Å²) >= 11 is 6.17. The van der Waals surface area contributed by atoms with Gasteiger partial charge in [0.05, 0.1) is 10.7 Å². The largest absolute Gasteiger partial charge is 0.366 e. The summed E-state index contributed by atoms with van der Waals surface area (Å²) in [5, 5.41) is 12.6. The summed E-state index contributed by atoms with van der Waals surface area (Å²) in [5.74, 6) is 1.91. The fraction of sp³-hybridized carbons (Fsp3) is 0.333. The van der Waals surface area contributed by atoms with Crippen LogP contribution in [0.4, 0.5) is 10.2 Å². The highest BCUT2D eigenvalue weighted by Crippen LogP contribution is 2.39. The number of hydrogen-bond donors (Lipinski definition) is 1. The molecule has 0 radical (unpaired) electrons. The van der Waals surface area contributed by atoms with E-state index in [2.05, 4.69) is 50.7 Å². The number of hydrogen-bond acceptors (Lipinski definition) is 4. The van der Waals surface area contributed by atoms with Crippen molar-refractivity contribution in [3.63, 3.8) is 0 Å². The van der Waals surface area contributed by atoms with Crippen molar-refractivity contribution in [1.82, 2.24) is 15.1 Å². The van der Waals surface area contributed by atoms with E-state index in [0.717, 1.165) is 37.0 Å². The number of likely N-dealkylation sites (tertiary alicyclic amines) is 1. The SMILES string of the molecule is Fc1ccc(Cl)c(-c2ccc(NC3C[C@@H]4CN(Cc5ccccc5)C[C@@H]4C3)nn2)c1. The Kier molecular flexibility index (Phi) is 5.40. The number of nitrogens with zero attached hydrogens (tertiary/aromatic N) is 3. The second-order valence-corrected chi connectivity index (χ2v) is 8.85. The molecule has 5 rings (SSSR count). The van der Waals surface area contributed by atoms with Crippen LogP contribution in [-0.2, 0) is 6.54 Å². The van der Waals surface area contributed by atoms with E-state index < -0.39 is 0 Å². The van der Waals surface area contributed by atoms with Gasteiger partial charge in [-0.3, -0.25) is 4.90 Å². The Morgan fingerprint density at radius 3 is 2.43 bits per heavy atom. The van der Waals surface area contributed by atoms with Gasteiger partial charge >= 0.3 is 0 Å². The van der Waals surface area contributed by atoms with Gasteiger partial charge in [0.25, 0.3) is 0 Å². The lowest BCUT2D eigenvalue weighted by Gasteiger charge is -2.20. The predicted octanol–water partition coefficient (Wildman–Crippen LogP) is 5.26. The van der Waals surface area contributed by atoms with Gasteiger partial charge in [0.2, 0.25) is 0 Å². The van der Waals surface area contributed by atoms with E-state index in [-0.39, 0.29) is 5.82 Å². The van der Waals surface area contributed by atoms with Crippen LogP contribution < -0.4 is 5.32 Å². The Bertz CT molecular complexity index is 997. The zero-order valence-electron chi connectivity index (χ0n) is 16.6. The summed E-state index contributed by atoms with van der Waals surface area (Å²) in [6, 6.07) is 19.1. The molecule has 1 unspecified atom stereocenters. The van der Waals surface area contributed by atoms with Gasteiger partial charge in [-0.2, -0.15) is 0 Å². The van der Waals surface area contributed by atoms with Gasteiger partial charge in [0.15, 0.2) is 0 Å². The molecule has 1 aliphatic carbocycles. The first-order chi connectivity index (χ1) is 14.6. The molecule has 154 valence electrons. The summed E-state index contributed by atoms with van der Waals surface area (Å²) in [6.45, 7) is 3.38. The second kappa shape index (κ2) is 8.32. The van der Waals surface area contributed by atoms with Crippen LogP contribution in [0.3, 0.4) is 0 Å². The van der Waals surface area contributed by atoms with Crippen molar-refractivity contribution in [2.45, 2.75) is 25.4 Å². The van der Waals surface area contributed by atoms with Crippen LogP contribution in [0.5, 0.6) is 0 Å². The maximum absolute atomic E-state index is 13.5. The quantitative estimate of drug-likeness (QED) is 0.609. The molecule has 1 N–H and O–H groups in total. The number of anilines is 1. The Morgan fingerprint density at radius 1 is 0.967 bits per heavy atom. The summed E-state index contributed by atoms with van der Waals surface area (Å²) in [7, 11) is 0. The molecule has 0 bridgehead atoms. The van der Waals surface area contributed by atoms with E-state index in [1.54, 1.807) is 6.07 Å². The molecular weight excluding hydrogens is 399 g/mol. The molecule has 1 aliphatic heterocycles. The molecule has 2 fully saturated rings. The normalized spacial score (nSPS) is 23.5. The molecule has 3 atom stereocenters. The first-order valence-corrected chi connectivity index (χ1v) is 10.8. The van der Waals surface area contributed by atoms with Gasteiger partial charge in [0.1, 0.15) is 11.6 Å². The molecule has 3 aromatic rings. The fourth-order valence-corrected chi connectivity index (χ4v) is 5.16. The van der Waals surface area contributed by atoms with E-state index in [0.29, 0.717) is 22.3 Å². The molecule has 1 saturated carbocycles. The molecule has 30 heavy (non-hydrogen) atoms. The minimum atomic E-state index is -0.336. The standard InChI is InChI=1S/C24H24ClFN4/c25-22-7-6-19(26)12-21(22)23-8-9-24(29-28-23)27-20-10-17-14-30(15-18(17)11-20)13-16-4-2-1-3-5-16/h1-9,12,17-18,20H,10-11,13-15H2,(H,27,29)/t17-,18+,20?. The van der Waals surface area contributed by atoms with Crippen LogP contribution in [0.25, 0.3) is 11.3 Å². The molecule has 6 heteroatoms. The number of rotatable bonds is 5. The minimum absolute atomic E-state index is 0.336. The third-order valence-corrected chi connectivity index (χ3v) is 6.63. The molecule has 2 aromatic carbocycles. The van der Waals surface area contributed by atoms with Gasteiger partial charge in [-0.25, -0.2) is 4.39 Å². The molecule has 4 nitrogen and oxygen atoms in total. The Balaban J connectivity index is 1.17. The summed E-state index contributed by atoms with van der Waals surface area (Å²) in [6.07, 6.45) is 2.32. The Morgan fingerprint density at radius 2 is 1.73 bits per heavy atom. The zero-order chi connectivity index (χ0) is 20.5. The van der Waals surface area contributed by atoms with E-state index in [1.165, 1.54) is 30.8 Å². The van der Waals surface area contributed by atoms with E-state index in [1.807, 2.05) is 12.1 Å². The number of aromatic nitrogens is 2.